The van der Waals surface area contributed by atoms with Crippen LogP contribution in [-0.4, -0.2) is 29.5 Å². The predicted octanol–water partition coefficient (Wildman–Crippen LogP) is 38.1. The van der Waals surface area contributed by atoms with Gasteiger partial charge >= 0.3 is 0 Å². The maximum absolute atomic E-state index is 5.97. The average molecular weight is 1890 g/mol. The Hall–Kier alpha value is -8.96. The van der Waals surface area contributed by atoms with Crippen molar-refractivity contribution in [3.8, 4) is 0 Å². The Balaban J connectivity index is 0.000000175. The molecule has 16 rings (SSSR count). The minimum Gasteiger partial charge on any atom is -0.461 e. The van der Waals surface area contributed by atoms with Gasteiger partial charge in [0.05, 0.1) is 37.3 Å². The Morgan fingerprint density at radius 3 is 1.21 bits per heavy atom. The van der Waals surface area contributed by atoms with E-state index < -0.39 is 0 Å². The largest absolute Gasteiger partial charge is 0.461 e. The van der Waals surface area contributed by atoms with Crippen LogP contribution in [-0.2, 0) is 95.7 Å². The number of aryl methyl sites for hydroxylation is 1. The zero-order valence-electron chi connectivity index (χ0n) is 94.9. The first-order valence-electron chi connectivity index (χ1n) is 50.5. The highest BCUT2D eigenvalue weighted by Crippen LogP contribution is 2.46. The zero-order chi connectivity index (χ0) is 104. The summed E-state index contributed by atoms with van der Waals surface area (Å²) in [7, 11) is 2.11. The van der Waals surface area contributed by atoms with E-state index in [0.717, 1.165) is 74.9 Å². The molecule has 0 bridgehead atoms. The lowest BCUT2D eigenvalue weighted by molar-refractivity contribution is 0.411. The molecular weight excluding hydrogens is 1710 g/mol. The van der Waals surface area contributed by atoms with Crippen molar-refractivity contribution >= 4 is 98.3 Å². The standard InChI is InChI=1S/2C17H24.C16H24N2.C16H22O.C16H22S.C15H22N2.C15H21NO.C15H21NS/c1-16(2,3)13-8-9-14-12(11-13)7-10-15(14)17(4,5)6;1-16(2,3)13-9-7-12-8-10-15(14(12)11-13)17(4,5)6;1-15(2,3)11-8-9-12-13(10-11)18(7)14(17-12)16(4,5)6;2*1-15(2,3)12-8-7-11-9-14(16(4,5)6)17-13(11)10-12;1-14(2,3)10-7-8-11-12(9-10)17-13(16-11)15(4,5)6;2*1-14(2,3)10-7-8-12-11(9-10)16-13(17-12)15(4,5)6/h8-11H,7H2,1-6H3;7,9-11H,8H2,1-6H3;8-10H,1-7H3;2*7-10H,1-6H3;7-9H,1-6H3,(H,16,17);2*7-9H,1-6H3. The summed E-state index contributed by atoms with van der Waals surface area (Å²) in [6.07, 6.45) is 7.01. The number of thiazole rings is 1. The first-order valence-corrected chi connectivity index (χ1v) is 52.1. The predicted molar refractivity (Wildman–Crippen MR) is 605 cm³/mol. The fourth-order valence-corrected chi connectivity index (χ4v) is 18.5. The van der Waals surface area contributed by atoms with Crippen molar-refractivity contribution in [3.63, 3.8) is 0 Å². The third kappa shape index (κ3) is 29.1. The Labute approximate surface area is 839 Å². The Bertz CT molecular complexity index is 5940. The second kappa shape index (κ2) is 39.9. The van der Waals surface area contributed by atoms with E-state index in [2.05, 4.69) is 523 Å². The van der Waals surface area contributed by atoms with Crippen LogP contribution in [0, 0.1) is 10.8 Å². The van der Waals surface area contributed by atoms with Gasteiger partial charge in [0.25, 0.3) is 0 Å². The second-order valence-corrected chi connectivity index (χ2v) is 57.6. The van der Waals surface area contributed by atoms with Crippen molar-refractivity contribution in [2.75, 3.05) is 0 Å². The average Bonchev–Trinajstić information content (AvgIpc) is 1.88. The number of nitrogens with one attached hydrogen (secondary N) is 1. The number of oxazole rings is 1. The molecule has 0 radical (unpaired) electrons. The third-order valence-electron chi connectivity index (χ3n) is 25.7. The van der Waals surface area contributed by atoms with Crippen LogP contribution >= 0.6 is 22.7 Å². The lowest BCUT2D eigenvalue weighted by Crippen LogP contribution is -2.17. The number of H-pyrrole nitrogens is 1. The molecular formula is C127H180N6O2S2. The highest BCUT2D eigenvalue weighted by atomic mass is 32.1. The van der Waals surface area contributed by atoms with Crippen LogP contribution in [0.15, 0.2) is 179 Å². The van der Waals surface area contributed by atoms with E-state index >= 15 is 0 Å². The van der Waals surface area contributed by atoms with Gasteiger partial charge in [-0.05, 0) is 228 Å². The van der Waals surface area contributed by atoms with Crippen molar-refractivity contribution in [1.82, 2.24) is 29.5 Å². The molecule has 0 saturated heterocycles. The maximum Gasteiger partial charge on any atom is 0.200 e. The van der Waals surface area contributed by atoms with E-state index in [9.17, 15) is 0 Å². The minimum atomic E-state index is -0.0408. The zero-order valence-corrected chi connectivity index (χ0v) is 96.6. The lowest BCUT2D eigenvalue weighted by atomic mass is 9.80. The number of furan rings is 1. The smallest absolute Gasteiger partial charge is 0.200 e. The van der Waals surface area contributed by atoms with Gasteiger partial charge in [-0.1, -0.05) is 429 Å². The molecule has 137 heavy (non-hydrogen) atoms. The van der Waals surface area contributed by atoms with E-state index in [1.54, 1.807) is 0 Å². The summed E-state index contributed by atoms with van der Waals surface area (Å²) in [5, 5.41) is 3.80. The molecule has 0 atom stereocenters. The first-order chi connectivity index (χ1) is 61.9. The molecule has 0 amide bonds. The number of benzene rings is 8. The summed E-state index contributed by atoms with van der Waals surface area (Å²) < 4.78 is 16.7. The number of fused-ring (bicyclic) bond motifs is 8. The van der Waals surface area contributed by atoms with Crippen LogP contribution in [0.2, 0.25) is 0 Å². The van der Waals surface area contributed by atoms with Crippen LogP contribution in [0.1, 0.15) is 432 Å². The van der Waals surface area contributed by atoms with Crippen LogP contribution in [0.5, 0.6) is 0 Å². The summed E-state index contributed by atoms with van der Waals surface area (Å²) in [5.74, 6) is 4.05. The Kier molecular flexibility index (Phi) is 32.5. The van der Waals surface area contributed by atoms with Gasteiger partial charge in [-0.25, -0.2) is 19.9 Å². The molecule has 742 valence electrons. The van der Waals surface area contributed by atoms with Crippen molar-refractivity contribution < 1.29 is 8.83 Å². The number of allylic oxidation sites excluding steroid dienone is 4. The Morgan fingerprint density at radius 1 is 0.277 bits per heavy atom. The lowest BCUT2D eigenvalue weighted by Gasteiger charge is -2.25. The van der Waals surface area contributed by atoms with Crippen LogP contribution in [0.3, 0.4) is 0 Å². The molecule has 6 heterocycles. The van der Waals surface area contributed by atoms with Gasteiger partial charge in [0.2, 0.25) is 5.89 Å². The van der Waals surface area contributed by atoms with Crippen molar-refractivity contribution in [3.05, 3.63) is 270 Å². The molecule has 8 nitrogen and oxygen atoms in total. The molecule has 0 saturated carbocycles. The highest BCUT2D eigenvalue weighted by Gasteiger charge is 2.33. The summed E-state index contributed by atoms with van der Waals surface area (Å²) in [6, 6.07) is 58.0. The molecule has 0 aliphatic heterocycles. The monoisotopic (exact) mass is 1890 g/mol. The number of nitrogens with zero attached hydrogens (tertiary/aromatic N) is 5. The van der Waals surface area contributed by atoms with Crippen molar-refractivity contribution in [2.24, 2.45) is 17.9 Å². The molecule has 1 N–H and O–H groups in total. The molecule has 6 aromatic heterocycles. The molecule has 2 aliphatic carbocycles. The molecule has 14 aromatic rings. The topological polar surface area (TPSA) is 98.6 Å². The van der Waals surface area contributed by atoms with Crippen molar-refractivity contribution in [1.29, 1.82) is 0 Å². The van der Waals surface area contributed by atoms with E-state index in [1.165, 1.54) is 113 Å². The van der Waals surface area contributed by atoms with Gasteiger partial charge in [-0.2, -0.15) is 0 Å². The Morgan fingerprint density at radius 2 is 0.715 bits per heavy atom. The van der Waals surface area contributed by atoms with Crippen LogP contribution in [0.4, 0.5) is 0 Å². The number of hydrogen-bond acceptors (Lipinski definition) is 8. The van der Waals surface area contributed by atoms with E-state index in [1.807, 2.05) is 28.7 Å². The van der Waals surface area contributed by atoms with Crippen LogP contribution in [0.25, 0.3) is 75.6 Å². The highest BCUT2D eigenvalue weighted by molar-refractivity contribution is 7.19. The fraction of sp³-hybridized carbons (Fsp3) is 0.528. The van der Waals surface area contributed by atoms with Crippen LogP contribution < -0.4 is 0 Å². The fourth-order valence-electron chi connectivity index (χ4n) is 16.4. The second-order valence-electron chi connectivity index (χ2n) is 55.5. The summed E-state index contributed by atoms with van der Waals surface area (Å²) in [6.45, 7) is 107. The number of imidazole rings is 2. The van der Waals surface area contributed by atoms with Gasteiger partial charge in [0.15, 0.2) is 5.58 Å². The third-order valence-corrected chi connectivity index (χ3v) is 28.7. The minimum absolute atomic E-state index is 0.0408. The van der Waals surface area contributed by atoms with Gasteiger partial charge < -0.3 is 18.4 Å². The molecule has 0 spiro atoms. The number of hydrogen-bond donors (Lipinski definition) is 1. The van der Waals surface area contributed by atoms with E-state index in [0.29, 0.717) is 0 Å². The molecule has 2 aliphatic rings. The van der Waals surface area contributed by atoms with E-state index in [4.69, 9.17) is 18.8 Å². The maximum atomic E-state index is 5.97. The summed E-state index contributed by atoms with van der Waals surface area (Å²) in [4.78, 5) is 23.7. The molecule has 0 unspecified atom stereocenters. The first kappa shape index (κ1) is 112. The summed E-state index contributed by atoms with van der Waals surface area (Å²) in [5.41, 5.74) is 31.1. The summed E-state index contributed by atoms with van der Waals surface area (Å²) >= 11 is 3.75. The van der Waals surface area contributed by atoms with Gasteiger partial charge in [-0.3, -0.25) is 0 Å². The SMILES string of the molecule is CC(C)(C)C1=CCc2cc(C(C)(C)C)ccc21.CC(C)(C)C1=CCc2ccc(C(C)(C)C)cc21.CC(C)(C)c1ccc2cc(C(C)(C)C)oc2c1.CC(C)(C)c1ccc2cc(C(C)(C)C)sc2c1.CC(C)(C)c1ccc2nc(C(C)(C)C)[nH]c2c1.CC(C)(C)c1ccc2oc(C(C)(C)C)nc2c1.CC(C)(C)c1ccc2sc(C(C)(C)C)nc2c1.Cn1c(C(C)(C)C)nc2ccc(C(C)(C)C)cc21. The number of rotatable bonds is 0. The van der Waals surface area contributed by atoms with Crippen molar-refractivity contribution in [2.45, 2.75) is 421 Å². The van der Waals surface area contributed by atoms with Gasteiger partial charge in [0, 0.05) is 49.1 Å². The number of aromatic nitrogens is 6. The number of thiophene rings is 1. The van der Waals surface area contributed by atoms with Gasteiger partial charge in [-0.15, -0.1) is 22.7 Å². The molecule has 10 heteroatoms. The normalized spacial score (nSPS) is 13.9. The molecule has 0 fully saturated rings. The number of aromatic amines is 1. The molecule has 8 aromatic carbocycles. The quantitative estimate of drug-likeness (QED) is 0.162. The van der Waals surface area contributed by atoms with Gasteiger partial charge in [0.1, 0.15) is 28.5 Å². The van der Waals surface area contributed by atoms with E-state index in [-0.39, 0.29) is 86.6 Å².